The highest BCUT2D eigenvalue weighted by atomic mass is 35.5. The number of hydrogen-bond acceptors (Lipinski definition) is 4. The van der Waals surface area contributed by atoms with Gasteiger partial charge in [-0.1, -0.05) is 19.1 Å². The predicted molar refractivity (Wildman–Crippen MR) is 109 cm³/mol. The Balaban J connectivity index is 0.00000243. The van der Waals surface area contributed by atoms with E-state index in [1.807, 2.05) is 29.6 Å². The molecule has 2 unspecified atom stereocenters. The van der Waals surface area contributed by atoms with E-state index in [-0.39, 0.29) is 24.4 Å². The lowest BCUT2D eigenvalue weighted by atomic mass is 10.1. The molecule has 2 N–H and O–H groups in total. The van der Waals surface area contributed by atoms with Crippen molar-refractivity contribution in [2.45, 2.75) is 43.7 Å². The summed E-state index contributed by atoms with van der Waals surface area (Å²) in [5, 5.41) is 10.9. The molecule has 2 heterocycles. The van der Waals surface area contributed by atoms with Crippen LogP contribution in [0.4, 0.5) is 0 Å². The van der Waals surface area contributed by atoms with E-state index in [1.165, 1.54) is 4.90 Å². The number of nitrogens with one attached hydrogen (secondary N) is 2. The SMILES string of the molecule is CCSc1ccc(C(C)NC(=O)c2ccn(C3CCCNC3)n2)cc1.Cl. The van der Waals surface area contributed by atoms with Crippen molar-refractivity contribution in [3.8, 4) is 0 Å². The van der Waals surface area contributed by atoms with Crippen LogP contribution >= 0.6 is 24.2 Å². The van der Waals surface area contributed by atoms with Crippen molar-refractivity contribution < 1.29 is 4.79 Å². The molecule has 1 fully saturated rings. The highest BCUT2D eigenvalue weighted by Gasteiger charge is 2.18. The first-order valence-electron chi connectivity index (χ1n) is 8.97. The molecule has 0 bridgehead atoms. The van der Waals surface area contributed by atoms with Crippen LogP contribution in [0, 0.1) is 0 Å². The standard InChI is InChI=1S/C19H26N4OS.ClH/c1-3-25-17-8-6-15(7-9-17)14(2)21-19(24)18-10-12-23(22-18)16-5-4-11-20-13-16;/h6-10,12,14,16,20H,3-5,11,13H2,1-2H3,(H,21,24);1H. The predicted octanol–water partition coefficient (Wildman–Crippen LogP) is 3.83. The van der Waals surface area contributed by atoms with Crippen LogP contribution in [0.15, 0.2) is 41.4 Å². The van der Waals surface area contributed by atoms with Gasteiger partial charge in [0.2, 0.25) is 0 Å². The van der Waals surface area contributed by atoms with Gasteiger partial charge >= 0.3 is 0 Å². The summed E-state index contributed by atoms with van der Waals surface area (Å²) in [6, 6.07) is 10.5. The van der Waals surface area contributed by atoms with Crippen molar-refractivity contribution in [2.75, 3.05) is 18.8 Å². The summed E-state index contributed by atoms with van der Waals surface area (Å²) >= 11 is 1.82. The number of aromatic nitrogens is 2. The first-order valence-corrected chi connectivity index (χ1v) is 9.95. The van der Waals surface area contributed by atoms with Gasteiger partial charge in [-0.05, 0) is 55.8 Å². The maximum atomic E-state index is 12.5. The monoisotopic (exact) mass is 394 g/mol. The Kier molecular flexibility index (Phi) is 8.00. The molecule has 1 aliphatic rings. The fourth-order valence-corrected chi connectivity index (χ4v) is 3.76. The number of rotatable bonds is 6. The van der Waals surface area contributed by atoms with Crippen molar-refractivity contribution >= 4 is 30.1 Å². The summed E-state index contributed by atoms with van der Waals surface area (Å²) in [7, 11) is 0. The van der Waals surface area contributed by atoms with Crippen molar-refractivity contribution in [3.05, 3.63) is 47.8 Å². The Morgan fingerprint density at radius 3 is 2.81 bits per heavy atom. The van der Waals surface area contributed by atoms with Crippen LogP contribution in [0.2, 0.25) is 0 Å². The number of thioether (sulfide) groups is 1. The summed E-state index contributed by atoms with van der Waals surface area (Å²) in [6.07, 6.45) is 4.16. The van der Waals surface area contributed by atoms with Gasteiger partial charge in [0.25, 0.3) is 5.91 Å². The van der Waals surface area contributed by atoms with E-state index in [9.17, 15) is 4.79 Å². The molecule has 1 amide bonds. The molecule has 1 aliphatic heterocycles. The van der Waals surface area contributed by atoms with E-state index in [4.69, 9.17) is 0 Å². The van der Waals surface area contributed by atoms with Gasteiger partial charge in [0.05, 0.1) is 12.1 Å². The molecular weight excluding hydrogens is 368 g/mol. The van der Waals surface area contributed by atoms with E-state index in [0.717, 1.165) is 37.2 Å². The van der Waals surface area contributed by atoms with E-state index in [1.54, 1.807) is 6.07 Å². The number of hydrogen-bond donors (Lipinski definition) is 2. The molecule has 3 rings (SSSR count). The van der Waals surface area contributed by atoms with Crippen LogP contribution in [-0.2, 0) is 0 Å². The fraction of sp³-hybridized carbons (Fsp3) is 0.474. The van der Waals surface area contributed by atoms with Crippen LogP contribution in [0.1, 0.15) is 54.8 Å². The zero-order valence-corrected chi connectivity index (χ0v) is 16.9. The van der Waals surface area contributed by atoms with Gasteiger partial charge in [-0.3, -0.25) is 9.48 Å². The second-order valence-electron chi connectivity index (χ2n) is 6.38. The van der Waals surface area contributed by atoms with Crippen LogP contribution < -0.4 is 10.6 Å². The highest BCUT2D eigenvalue weighted by molar-refractivity contribution is 7.99. The lowest BCUT2D eigenvalue weighted by molar-refractivity contribution is 0.0933. The second kappa shape index (κ2) is 10.00. The van der Waals surface area contributed by atoms with Crippen LogP contribution in [0.25, 0.3) is 0 Å². The zero-order valence-electron chi connectivity index (χ0n) is 15.3. The normalized spacial score (nSPS) is 18.0. The van der Waals surface area contributed by atoms with E-state index in [0.29, 0.717) is 11.7 Å². The molecule has 1 aromatic heterocycles. The molecule has 2 atom stereocenters. The first kappa shape index (κ1) is 20.8. The third-order valence-electron chi connectivity index (χ3n) is 4.52. The molecule has 2 aromatic rings. The van der Waals surface area contributed by atoms with E-state index >= 15 is 0 Å². The average molecular weight is 395 g/mol. The lowest BCUT2D eigenvalue weighted by Crippen LogP contribution is -2.32. The molecule has 0 radical (unpaired) electrons. The number of nitrogens with zero attached hydrogens (tertiary/aromatic N) is 2. The highest BCUT2D eigenvalue weighted by Crippen LogP contribution is 2.21. The number of amides is 1. The van der Waals surface area contributed by atoms with Crippen LogP contribution in [0.5, 0.6) is 0 Å². The minimum Gasteiger partial charge on any atom is -0.344 e. The van der Waals surface area contributed by atoms with E-state index < -0.39 is 0 Å². The maximum Gasteiger partial charge on any atom is 0.272 e. The number of piperidine rings is 1. The molecular formula is C19H27ClN4OS. The molecule has 0 saturated carbocycles. The van der Waals surface area contributed by atoms with Crippen molar-refractivity contribution in [2.24, 2.45) is 0 Å². The van der Waals surface area contributed by atoms with Crippen molar-refractivity contribution in [3.63, 3.8) is 0 Å². The van der Waals surface area contributed by atoms with Crippen LogP contribution in [0.3, 0.4) is 0 Å². The average Bonchev–Trinajstić information content (AvgIpc) is 3.13. The minimum atomic E-state index is -0.123. The molecule has 0 aliphatic carbocycles. The Labute approximate surface area is 165 Å². The summed E-state index contributed by atoms with van der Waals surface area (Å²) in [4.78, 5) is 13.7. The van der Waals surface area contributed by atoms with E-state index in [2.05, 4.69) is 46.9 Å². The molecule has 7 heteroatoms. The largest absolute Gasteiger partial charge is 0.344 e. The fourth-order valence-electron chi connectivity index (χ4n) is 3.10. The van der Waals surface area contributed by atoms with Gasteiger partial charge in [-0.25, -0.2) is 0 Å². The van der Waals surface area contributed by atoms with Gasteiger partial charge in [-0.2, -0.15) is 5.10 Å². The van der Waals surface area contributed by atoms with Crippen molar-refractivity contribution in [1.82, 2.24) is 20.4 Å². The molecule has 26 heavy (non-hydrogen) atoms. The van der Waals surface area contributed by atoms with Gasteiger partial charge < -0.3 is 10.6 Å². The molecule has 0 spiro atoms. The van der Waals surface area contributed by atoms with Gasteiger partial charge in [-0.15, -0.1) is 24.2 Å². The summed E-state index contributed by atoms with van der Waals surface area (Å²) in [5.74, 6) is 0.937. The summed E-state index contributed by atoms with van der Waals surface area (Å²) in [5.41, 5.74) is 1.58. The van der Waals surface area contributed by atoms with Gasteiger partial charge in [0, 0.05) is 17.6 Å². The maximum absolute atomic E-state index is 12.5. The first-order chi connectivity index (χ1) is 12.2. The van der Waals surface area contributed by atoms with Crippen molar-refractivity contribution in [1.29, 1.82) is 0 Å². The third kappa shape index (κ3) is 5.25. The Hall–Kier alpha value is -1.50. The summed E-state index contributed by atoms with van der Waals surface area (Å²) < 4.78 is 1.92. The topological polar surface area (TPSA) is 59.0 Å². The second-order valence-corrected chi connectivity index (χ2v) is 7.72. The number of halogens is 1. The zero-order chi connectivity index (χ0) is 17.6. The Bertz CT molecular complexity index is 698. The minimum absolute atomic E-state index is 0. The molecule has 1 saturated heterocycles. The molecule has 142 valence electrons. The molecule has 5 nitrogen and oxygen atoms in total. The smallest absolute Gasteiger partial charge is 0.272 e. The van der Waals surface area contributed by atoms with Crippen LogP contribution in [-0.4, -0.2) is 34.5 Å². The number of carbonyl (C=O) groups is 1. The summed E-state index contributed by atoms with van der Waals surface area (Å²) in [6.45, 7) is 6.13. The number of benzene rings is 1. The lowest BCUT2D eigenvalue weighted by Gasteiger charge is -2.22. The number of carbonyl (C=O) groups excluding carboxylic acids is 1. The Morgan fingerprint density at radius 1 is 1.38 bits per heavy atom. The molecule has 1 aromatic carbocycles. The quantitative estimate of drug-likeness (QED) is 0.731. The van der Waals surface area contributed by atoms with Gasteiger partial charge in [0.1, 0.15) is 5.69 Å². The third-order valence-corrected chi connectivity index (χ3v) is 5.42. The van der Waals surface area contributed by atoms with Gasteiger partial charge in [0.15, 0.2) is 0 Å². The Morgan fingerprint density at radius 2 is 2.15 bits per heavy atom.